The summed E-state index contributed by atoms with van der Waals surface area (Å²) in [5, 5.41) is 12.2. The van der Waals surface area contributed by atoms with Crippen LogP contribution >= 0.6 is 11.3 Å². The number of amides is 1. The molecule has 2 heterocycles. The van der Waals surface area contributed by atoms with E-state index in [1.54, 1.807) is 11.3 Å². The molecule has 1 unspecified atom stereocenters. The summed E-state index contributed by atoms with van der Waals surface area (Å²) in [7, 11) is 0. The lowest BCUT2D eigenvalue weighted by atomic mass is 9.99. The Hall–Kier alpha value is -0.940. The number of aromatic nitrogens is 1. The van der Waals surface area contributed by atoms with Crippen LogP contribution in [0.4, 0.5) is 0 Å². The van der Waals surface area contributed by atoms with E-state index in [0.717, 1.165) is 36.5 Å². The van der Waals surface area contributed by atoms with E-state index >= 15 is 0 Å². The van der Waals surface area contributed by atoms with Crippen LogP contribution in [0.25, 0.3) is 0 Å². The van der Waals surface area contributed by atoms with Gasteiger partial charge in [0.05, 0.1) is 17.1 Å². The molecule has 0 saturated carbocycles. The largest absolute Gasteiger partial charge is 0.396 e. The maximum atomic E-state index is 12.1. The van der Waals surface area contributed by atoms with Crippen LogP contribution in [0.2, 0.25) is 0 Å². The highest BCUT2D eigenvalue weighted by molar-refractivity contribution is 7.09. The monoisotopic (exact) mass is 268 g/mol. The van der Waals surface area contributed by atoms with Gasteiger partial charge in [0.25, 0.3) is 0 Å². The molecule has 1 amide bonds. The maximum Gasteiger partial charge on any atom is 0.228 e. The molecule has 1 aliphatic heterocycles. The number of hydrogen-bond donors (Lipinski definition) is 1. The van der Waals surface area contributed by atoms with Gasteiger partial charge in [-0.05, 0) is 25.2 Å². The molecule has 1 atom stereocenters. The summed E-state index contributed by atoms with van der Waals surface area (Å²) in [6.07, 6.45) is 3.34. The minimum Gasteiger partial charge on any atom is -0.396 e. The van der Waals surface area contributed by atoms with Gasteiger partial charge in [0.1, 0.15) is 0 Å². The molecule has 4 nitrogen and oxygen atoms in total. The number of carbonyl (C=O) groups excluding carboxylic acids is 1. The van der Waals surface area contributed by atoms with Gasteiger partial charge in [-0.2, -0.15) is 0 Å². The van der Waals surface area contributed by atoms with E-state index < -0.39 is 0 Å². The van der Waals surface area contributed by atoms with Crippen molar-refractivity contribution in [3.05, 3.63) is 16.1 Å². The minimum absolute atomic E-state index is 0.140. The zero-order chi connectivity index (χ0) is 13.0. The molecule has 0 aromatic carbocycles. The average molecular weight is 268 g/mol. The van der Waals surface area contributed by atoms with E-state index in [1.807, 2.05) is 10.3 Å². The van der Waals surface area contributed by atoms with E-state index in [9.17, 15) is 4.79 Å². The van der Waals surface area contributed by atoms with Crippen molar-refractivity contribution in [2.75, 3.05) is 19.7 Å². The van der Waals surface area contributed by atoms with Gasteiger partial charge < -0.3 is 10.0 Å². The third kappa shape index (κ3) is 3.29. The quantitative estimate of drug-likeness (QED) is 0.900. The average Bonchev–Trinajstić information content (AvgIpc) is 2.86. The summed E-state index contributed by atoms with van der Waals surface area (Å²) < 4.78 is 0. The van der Waals surface area contributed by atoms with Gasteiger partial charge in [0.2, 0.25) is 5.91 Å². The molecule has 100 valence electrons. The maximum absolute atomic E-state index is 12.1. The highest BCUT2D eigenvalue weighted by atomic mass is 32.1. The van der Waals surface area contributed by atoms with Crippen molar-refractivity contribution >= 4 is 17.2 Å². The number of thiazole rings is 1. The third-order valence-corrected chi connectivity index (χ3v) is 4.41. The van der Waals surface area contributed by atoms with Crippen molar-refractivity contribution in [1.82, 2.24) is 9.88 Å². The van der Waals surface area contributed by atoms with Crippen molar-refractivity contribution in [3.63, 3.8) is 0 Å². The Morgan fingerprint density at radius 2 is 2.50 bits per heavy atom. The van der Waals surface area contributed by atoms with Gasteiger partial charge in [0.15, 0.2) is 0 Å². The molecule has 0 aliphatic carbocycles. The molecule has 1 saturated heterocycles. The van der Waals surface area contributed by atoms with Crippen LogP contribution < -0.4 is 0 Å². The van der Waals surface area contributed by atoms with Crippen LogP contribution in [-0.2, 0) is 17.6 Å². The first kappa shape index (κ1) is 13.5. The fraction of sp³-hybridized carbons (Fsp3) is 0.692. The topological polar surface area (TPSA) is 53.4 Å². The SMILES string of the molecule is CCc1nc(CC(=O)N2CCCC(CO)C2)cs1. The van der Waals surface area contributed by atoms with Gasteiger partial charge in [-0.15, -0.1) is 11.3 Å². The number of piperidine rings is 1. The molecule has 2 rings (SSSR count). The van der Waals surface area contributed by atoms with E-state index in [1.165, 1.54) is 0 Å². The predicted octanol–water partition coefficient (Wildman–Crippen LogP) is 1.48. The lowest BCUT2D eigenvalue weighted by molar-refractivity contribution is -0.132. The molecule has 5 heteroatoms. The fourth-order valence-electron chi connectivity index (χ4n) is 2.30. The summed E-state index contributed by atoms with van der Waals surface area (Å²) in [6.45, 7) is 3.77. The van der Waals surface area contributed by atoms with Gasteiger partial charge in [-0.3, -0.25) is 4.79 Å². The first-order valence-electron chi connectivity index (χ1n) is 6.54. The number of likely N-dealkylation sites (tertiary alicyclic amines) is 1. The zero-order valence-corrected chi connectivity index (χ0v) is 11.6. The molecular weight excluding hydrogens is 248 g/mol. The molecule has 0 spiro atoms. The molecule has 0 radical (unpaired) electrons. The fourth-order valence-corrected chi connectivity index (χ4v) is 3.04. The molecular formula is C13H20N2O2S. The highest BCUT2D eigenvalue weighted by Crippen LogP contribution is 2.17. The lowest BCUT2D eigenvalue weighted by Gasteiger charge is -2.31. The first-order chi connectivity index (χ1) is 8.72. The summed E-state index contributed by atoms with van der Waals surface area (Å²) in [5.74, 6) is 0.394. The van der Waals surface area contributed by atoms with E-state index in [0.29, 0.717) is 13.0 Å². The second-order valence-corrected chi connectivity index (χ2v) is 5.74. The molecule has 1 aliphatic rings. The zero-order valence-electron chi connectivity index (χ0n) is 10.8. The third-order valence-electron chi connectivity index (χ3n) is 3.36. The van der Waals surface area contributed by atoms with Crippen molar-refractivity contribution < 1.29 is 9.90 Å². The van der Waals surface area contributed by atoms with E-state index in [2.05, 4.69) is 11.9 Å². The Morgan fingerprint density at radius 3 is 3.17 bits per heavy atom. The molecule has 18 heavy (non-hydrogen) atoms. The first-order valence-corrected chi connectivity index (χ1v) is 7.42. The Balaban J connectivity index is 1.90. The van der Waals surface area contributed by atoms with Gasteiger partial charge in [-0.1, -0.05) is 6.92 Å². The van der Waals surface area contributed by atoms with Gasteiger partial charge in [-0.25, -0.2) is 4.98 Å². The van der Waals surface area contributed by atoms with Crippen LogP contribution in [0.3, 0.4) is 0 Å². The number of rotatable bonds is 4. The Bertz CT molecular complexity index is 405. The summed E-state index contributed by atoms with van der Waals surface area (Å²) in [6, 6.07) is 0. The van der Waals surface area contributed by atoms with E-state index in [-0.39, 0.29) is 18.4 Å². The van der Waals surface area contributed by atoms with Crippen LogP contribution in [0.5, 0.6) is 0 Å². The lowest BCUT2D eigenvalue weighted by Crippen LogP contribution is -2.41. The number of aliphatic hydroxyl groups is 1. The number of hydrogen-bond acceptors (Lipinski definition) is 4. The van der Waals surface area contributed by atoms with Crippen molar-refractivity contribution in [3.8, 4) is 0 Å². The smallest absolute Gasteiger partial charge is 0.228 e. The summed E-state index contributed by atoms with van der Waals surface area (Å²) >= 11 is 1.62. The molecule has 1 fully saturated rings. The second-order valence-electron chi connectivity index (χ2n) is 4.79. The second kappa shape index (κ2) is 6.29. The summed E-state index contributed by atoms with van der Waals surface area (Å²) in [5.41, 5.74) is 0.882. The molecule has 1 aromatic rings. The van der Waals surface area contributed by atoms with Crippen LogP contribution in [0.1, 0.15) is 30.5 Å². The Labute approximate surface area is 112 Å². The van der Waals surface area contributed by atoms with Crippen molar-refractivity contribution in [2.24, 2.45) is 5.92 Å². The van der Waals surface area contributed by atoms with Crippen molar-refractivity contribution in [1.29, 1.82) is 0 Å². The predicted molar refractivity (Wildman–Crippen MR) is 71.6 cm³/mol. The van der Waals surface area contributed by atoms with Crippen LogP contribution in [0, 0.1) is 5.92 Å². The summed E-state index contributed by atoms with van der Waals surface area (Å²) in [4.78, 5) is 18.4. The minimum atomic E-state index is 0.140. The van der Waals surface area contributed by atoms with Gasteiger partial charge >= 0.3 is 0 Å². The number of carbonyl (C=O) groups is 1. The number of aliphatic hydroxyl groups excluding tert-OH is 1. The van der Waals surface area contributed by atoms with E-state index in [4.69, 9.17) is 5.11 Å². The Kier molecular flexibility index (Phi) is 4.72. The molecule has 0 bridgehead atoms. The highest BCUT2D eigenvalue weighted by Gasteiger charge is 2.23. The standard InChI is InChI=1S/C13H20N2O2S/c1-2-12-14-11(9-18-12)6-13(17)15-5-3-4-10(7-15)8-16/h9-10,16H,2-8H2,1H3. The van der Waals surface area contributed by atoms with Crippen molar-refractivity contribution in [2.45, 2.75) is 32.6 Å². The number of aryl methyl sites for hydroxylation is 1. The molecule has 1 N–H and O–H groups in total. The van der Waals surface area contributed by atoms with Gasteiger partial charge in [0, 0.05) is 25.1 Å². The number of nitrogens with zero attached hydrogens (tertiary/aromatic N) is 2. The Morgan fingerprint density at radius 1 is 1.67 bits per heavy atom. The normalized spacial score (nSPS) is 20.1. The van der Waals surface area contributed by atoms with Crippen LogP contribution in [-0.4, -0.2) is 40.6 Å². The molecule has 1 aromatic heterocycles. The van der Waals surface area contributed by atoms with Crippen LogP contribution in [0.15, 0.2) is 5.38 Å².